The lowest BCUT2D eigenvalue weighted by Gasteiger charge is -2.25. The van der Waals surface area contributed by atoms with Crippen LogP contribution < -0.4 is 21.5 Å². The summed E-state index contributed by atoms with van der Waals surface area (Å²) in [5, 5.41) is 15.2. The number of nitrogens with zero attached hydrogens (tertiary/aromatic N) is 1. The number of ether oxygens (including phenoxy) is 1. The van der Waals surface area contributed by atoms with Gasteiger partial charge < -0.3 is 25.4 Å². The number of esters is 1. The lowest BCUT2D eigenvalue weighted by molar-refractivity contribution is -0.150. The number of rotatable bonds is 37. The summed E-state index contributed by atoms with van der Waals surface area (Å²) in [6.45, 7) is 14.0. The molecule has 0 radical (unpaired) electrons. The fourth-order valence-electron chi connectivity index (χ4n) is 6.99. The average Bonchev–Trinajstić information content (AvgIpc) is 3.11. The molecule has 1 aromatic rings. The molecule has 53 heavy (non-hydrogen) atoms. The SMILES string of the molecule is CCCCCCCCC(CCCCCCCC)OC(=O)CCCCCCCN(CCCCCCCC(=O)O)CCCNc1c(NC(C)(C)C)c(=O)c1=O. The number of anilines is 2. The predicted molar refractivity (Wildman–Crippen MR) is 223 cm³/mol. The fraction of sp³-hybridized carbons (Fsp3) is 0.864. The number of unbranched alkanes of at least 4 members (excludes halogenated alkanes) is 18. The second-order valence-electron chi connectivity index (χ2n) is 16.6. The molecule has 1 rings (SSSR count). The highest BCUT2D eigenvalue weighted by Crippen LogP contribution is 2.20. The maximum atomic E-state index is 12.8. The van der Waals surface area contributed by atoms with Crippen LogP contribution in [0.4, 0.5) is 11.4 Å². The standard InChI is InChI=1S/C44H81N3O6/c1-6-8-10-12-16-22-29-37(30-23-17-13-11-9-7-2)53-39(50)32-25-19-15-21-27-35-47(34-26-20-14-18-24-31-38(48)49)36-28-33-45-40-41(43(52)42(40)51)46-44(3,4)5/h37,45-46H,6-36H2,1-5H3,(H,48,49). The number of aliphatic carboxylic acids is 1. The summed E-state index contributed by atoms with van der Waals surface area (Å²) >= 11 is 0. The van der Waals surface area contributed by atoms with E-state index >= 15 is 0 Å². The van der Waals surface area contributed by atoms with E-state index in [1.165, 1.54) is 64.2 Å². The monoisotopic (exact) mass is 748 g/mol. The highest BCUT2D eigenvalue weighted by molar-refractivity contribution is 5.74. The van der Waals surface area contributed by atoms with E-state index < -0.39 is 16.8 Å². The van der Waals surface area contributed by atoms with Crippen LogP contribution in [-0.2, 0) is 14.3 Å². The Balaban J connectivity index is 2.43. The molecule has 0 amide bonds. The van der Waals surface area contributed by atoms with Crippen molar-refractivity contribution in [2.24, 2.45) is 0 Å². The molecular weight excluding hydrogens is 666 g/mol. The van der Waals surface area contributed by atoms with Crippen LogP contribution in [0.2, 0.25) is 0 Å². The zero-order chi connectivity index (χ0) is 39.2. The van der Waals surface area contributed by atoms with E-state index in [1.54, 1.807) is 0 Å². The van der Waals surface area contributed by atoms with Gasteiger partial charge in [0.15, 0.2) is 0 Å². The van der Waals surface area contributed by atoms with Crippen molar-refractivity contribution in [3.8, 4) is 0 Å². The zero-order valence-corrected chi connectivity index (χ0v) is 34.9. The molecule has 0 aromatic heterocycles. The topological polar surface area (TPSA) is 125 Å². The molecule has 0 fully saturated rings. The minimum absolute atomic E-state index is 0.0141. The smallest absolute Gasteiger partial charge is 0.306 e. The number of carbonyl (C=O) groups is 2. The molecule has 0 spiro atoms. The molecule has 0 atom stereocenters. The van der Waals surface area contributed by atoms with Crippen LogP contribution in [0.25, 0.3) is 0 Å². The third kappa shape index (κ3) is 26.1. The second kappa shape index (κ2) is 30.9. The first-order chi connectivity index (χ1) is 25.5. The summed E-state index contributed by atoms with van der Waals surface area (Å²) in [5.74, 6) is -0.735. The van der Waals surface area contributed by atoms with Gasteiger partial charge in [0.2, 0.25) is 0 Å². The largest absolute Gasteiger partial charge is 0.481 e. The first-order valence-electron chi connectivity index (χ1n) is 22.0. The quantitative estimate of drug-likeness (QED) is 0.0346. The van der Waals surface area contributed by atoms with Crippen LogP contribution in [0.3, 0.4) is 0 Å². The summed E-state index contributed by atoms with van der Waals surface area (Å²) in [7, 11) is 0. The van der Waals surface area contributed by atoms with Crippen molar-refractivity contribution in [1.82, 2.24) is 4.90 Å². The highest BCUT2D eigenvalue weighted by atomic mass is 16.5. The van der Waals surface area contributed by atoms with Gasteiger partial charge in [0.05, 0.1) is 0 Å². The Bertz CT molecular complexity index is 1120. The Morgan fingerprint density at radius 1 is 0.604 bits per heavy atom. The molecule has 0 heterocycles. The molecular formula is C44H81N3O6. The first kappa shape index (κ1) is 48.6. The van der Waals surface area contributed by atoms with Gasteiger partial charge in [-0.05, 0) is 98.2 Å². The van der Waals surface area contributed by atoms with Crippen LogP contribution >= 0.6 is 0 Å². The van der Waals surface area contributed by atoms with Gasteiger partial charge in [-0.2, -0.15) is 0 Å². The summed E-state index contributed by atoms with van der Waals surface area (Å²) < 4.78 is 6.04. The molecule has 3 N–H and O–H groups in total. The average molecular weight is 748 g/mol. The minimum Gasteiger partial charge on any atom is -0.481 e. The Morgan fingerprint density at radius 3 is 1.55 bits per heavy atom. The number of hydrogen-bond acceptors (Lipinski definition) is 8. The van der Waals surface area contributed by atoms with Gasteiger partial charge in [0.1, 0.15) is 17.5 Å². The third-order valence-corrected chi connectivity index (χ3v) is 10.1. The lowest BCUT2D eigenvalue weighted by Crippen LogP contribution is -2.42. The van der Waals surface area contributed by atoms with Gasteiger partial charge >= 0.3 is 11.9 Å². The molecule has 9 nitrogen and oxygen atoms in total. The lowest BCUT2D eigenvalue weighted by atomic mass is 10.0. The van der Waals surface area contributed by atoms with E-state index in [0.717, 1.165) is 116 Å². The molecule has 0 aliphatic carbocycles. The van der Waals surface area contributed by atoms with Crippen molar-refractivity contribution >= 4 is 23.3 Å². The van der Waals surface area contributed by atoms with E-state index in [4.69, 9.17) is 9.84 Å². The Kier molecular flexibility index (Phi) is 28.3. The molecule has 0 saturated heterocycles. The number of carbonyl (C=O) groups excluding carboxylic acids is 1. The summed E-state index contributed by atoms with van der Waals surface area (Å²) in [4.78, 5) is 50.3. The van der Waals surface area contributed by atoms with Gasteiger partial charge in [0.25, 0.3) is 10.9 Å². The molecule has 0 unspecified atom stereocenters. The van der Waals surface area contributed by atoms with Crippen molar-refractivity contribution in [3.63, 3.8) is 0 Å². The Labute approximate surface area is 323 Å². The van der Waals surface area contributed by atoms with E-state index in [9.17, 15) is 19.2 Å². The van der Waals surface area contributed by atoms with Crippen molar-refractivity contribution in [3.05, 3.63) is 20.4 Å². The summed E-state index contributed by atoms with van der Waals surface area (Å²) in [5.41, 5.74) is -0.370. The highest BCUT2D eigenvalue weighted by Gasteiger charge is 2.24. The van der Waals surface area contributed by atoms with Crippen LogP contribution in [0.5, 0.6) is 0 Å². The molecule has 0 aliphatic heterocycles. The normalized spacial score (nSPS) is 11.9. The second-order valence-corrected chi connectivity index (χ2v) is 16.6. The molecule has 0 bridgehead atoms. The summed E-state index contributed by atoms with van der Waals surface area (Å²) in [6.07, 6.45) is 29.1. The van der Waals surface area contributed by atoms with Gasteiger partial charge in [-0.3, -0.25) is 19.2 Å². The fourth-order valence-corrected chi connectivity index (χ4v) is 6.99. The van der Waals surface area contributed by atoms with Gasteiger partial charge in [0, 0.05) is 24.9 Å². The number of nitrogens with one attached hydrogen (secondary N) is 2. The van der Waals surface area contributed by atoms with Crippen LogP contribution in [-0.4, -0.2) is 59.8 Å². The number of carboxylic acid groups (broad SMARTS) is 1. The van der Waals surface area contributed by atoms with Gasteiger partial charge in [-0.1, -0.05) is 117 Å². The molecule has 0 aliphatic rings. The summed E-state index contributed by atoms with van der Waals surface area (Å²) in [6, 6.07) is 0. The minimum atomic E-state index is -0.721. The van der Waals surface area contributed by atoms with Crippen molar-refractivity contribution in [2.75, 3.05) is 36.8 Å². The van der Waals surface area contributed by atoms with Crippen molar-refractivity contribution < 1.29 is 19.4 Å². The molecule has 0 saturated carbocycles. The van der Waals surface area contributed by atoms with Crippen LogP contribution in [0.15, 0.2) is 9.59 Å². The van der Waals surface area contributed by atoms with Crippen molar-refractivity contribution in [2.45, 2.75) is 220 Å². The van der Waals surface area contributed by atoms with Gasteiger partial charge in [-0.15, -0.1) is 0 Å². The molecule has 9 heteroatoms. The molecule has 308 valence electrons. The maximum Gasteiger partial charge on any atom is 0.306 e. The van der Waals surface area contributed by atoms with E-state index in [0.29, 0.717) is 24.3 Å². The van der Waals surface area contributed by atoms with E-state index in [1.807, 2.05) is 20.8 Å². The predicted octanol–water partition coefficient (Wildman–Crippen LogP) is 10.8. The van der Waals surface area contributed by atoms with Crippen LogP contribution in [0, 0.1) is 0 Å². The number of carboxylic acids is 1. The van der Waals surface area contributed by atoms with Crippen molar-refractivity contribution in [1.29, 1.82) is 0 Å². The zero-order valence-electron chi connectivity index (χ0n) is 34.9. The Morgan fingerprint density at radius 2 is 1.04 bits per heavy atom. The maximum absolute atomic E-state index is 12.8. The van der Waals surface area contributed by atoms with Gasteiger partial charge in [-0.25, -0.2) is 0 Å². The van der Waals surface area contributed by atoms with Crippen LogP contribution in [0.1, 0.15) is 208 Å². The Hall–Kier alpha value is -2.42. The third-order valence-electron chi connectivity index (χ3n) is 10.1. The molecule has 1 aromatic carbocycles. The van der Waals surface area contributed by atoms with E-state index in [-0.39, 0.29) is 24.0 Å². The van der Waals surface area contributed by atoms with E-state index in [2.05, 4.69) is 29.4 Å². The number of hydrogen-bond donors (Lipinski definition) is 3. The first-order valence-corrected chi connectivity index (χ1v) is 22.0.